The highest BCUT2D eigenvalue weighted by molar-refractivity contribution is 5.81. The molecule has 0 bridgehead atoms. The zero-order chi connectivity index (χ0) is 16.0. The predicted molar refractivity (Wildman–Crippen MR) is 69.3 cm³/mol. The fourth-order valence-electron chi connectivity index (χ4n) is 2.37. The van der Waals surface area contributed by atoms with Gasteiger partial charge in [-0.2, -0.15) is 0 Å². The number of imidazole rings is 1. The third-order valence-corrected chi connectivity index (χ3v) is 3.50. The number of hydrogen-bond donors (Lipinski definition) is 5. The molecule has 22 heavy (non-hydrogen) atoms. The minimum Gasteiger partial charge on any atom is -0.479 e. The number of aliphatic hydroxyl groups excluding tert-OH is 3. The number of carboxylic acid groups (broad SMARTS) is 1. The first-order chi connectivity index (χ1) is 10.4. The van der Waals surface area contributed by atoms with Crippen LogP contribution in [0, 0.1) is 0 Å². The first-order valence-corrected chi connectivity index (χ1v) is 6.27. The van der Waals surface area contributed by atoms with Gasteiger partial charge in [0, 0.05) is 0 Å². The van der Waals surface area contributed by atoms with Gasteiger partial charge in [-0.1, -0.05) is 0 Å². The number of rotatable bonds is 3. The minimum atomic E-state index is -1.98. The molecule has 1 saturated heterocycles. The smallest absolute Gasteiger partial charge is 0.335 e. The average Bonchev–Trinajstić information content (AvgIpc) is 3.02. The van der Waals surface area contributed by atoms with E-state index in [0.29, 0.717) is 0 Å². The van der Waals surface area contributed by atoms with Crippen LogP contribution >= 0.6 is 0 Å². The summed E-state index contributed by atoms with van der Waals surface area (Å²) in [5.74, 6) is -1.45. The van der Waals surface area contributed by atoms with Crippen molar-refractivity contribution >= 4 is 23.0 Å². The number of hydrogen-bond acceptors (Lipinski definition) is 9. The highest BCUT2D eigenvalue weighted by Crippen LogP contribution is 2.33. The van der Waals surface area contributed by atoms with Crippen LogP contribution in [-0.2, 0) is 9.53 Å². The molecule has 11 heteroatoms. The molecule has 2 aromatic heterocycles. The van der Waals surface area contributed by atoms with E-state index in [0.717, 1.165) is 0 Å². The van der Waals surface area contributed by atoms with Gasteiger partial charge >= 0.3 is 5.97 Å². The van der Waals surface area contributed by atoms with Crippen LogP contribution in [0.15, 0.2) is 12.7 Å². The Morgan fingerprint density at radius 3 is 2.73 bits per heavy atom. The van der Waals surface area contributed by atoms with Gasteiger partial charge in [0.1, 0.15) is 30.2 Å². The van der Waals surface area contributed by atoms with E-state index in [1.807, 2.05) is 0 Å². The zero-order valence-electron chi connectivity index (χ0n) is 11.0. The maximum absolute atomic E-state index is 10.8. The highest BCUT2D eigenvalue weighted by atomic mass is 16.6. The Labute approximate surface area is 122 Å². The van der Waals surface area contributed by atoms with Crippen LogP contribution in [0.5, 0.6) is 0 Å². The van der Waals surface area contributed by atoms with Gasteiger partial charge in [-0.3, -0.25) is 4.57 Å². The van der Waals surface area contributed by atoms with E-state index in [1.165, 1.54) is 17.2 Å². The standard InChI is InChI=1S/C11H13N5O6/c12-8-3-9(14-1-13-8)16(2-15-3)10-5(18)4(17)7(22-10)6(19)11(20)21/h1-2,4-7,10,17-19H,(H,20,21)(H2,12,13,14)/t4-,5+,6-,7-,10+/m0/s1. The fourth-order valence-corrected chi connectivity index (χ4v) is 2.37. The Kier molecular flexibility index (Phi) is 3.41. The van der Waals surface area contributed by atoms with Gasteiger partial charge in [0.15, 0.2) is 23.8 Å². The van der Waals surface area contributed by atoms with Crippen molar-refractivity contribution in [3.05, 3.63) is 12.7 Å². The molecule has 2 aromatic rings. The Balaban J connectivity index is 1.98. The molecule has 0 unspecified atom stereocenters. The van der Waals surface area contributed by atoms with Gasteiger partial charge in [0.2, 0.25) is 0 Å². The number of nitrogens with zero attached hydrogens (tertiary/aromatic N) is 4. The summed E-state index contributed by atoms with van der Waals surface area (Å²) in [5, 5.41) is 38.3. The van der Waals surface area contributed by atoms with Crippen LogP contribution < -0.4 is 5.73 Å². The molecule has 0 aromatic carbocycles. The third kappa shape index (κ3) is 2.07. The van der Waals surface area contributed by atoms with Crippen molar-refractivity contribution in [1.82, 2.24) is 19.5 Å². The summed E-state index contributed by atoms with van der Waals surface area (Å²) in [6.45, 7) is 0. The lowest BCUT2D eigenvalue weighted by Crippen LogP contribution is -2.42. The number of anilines is 1. The lowest BCUT2D eigenvalue weighted by molar-refractivity contribution is -0.160. The molecule has 3 rings (SSSR count). The van der Waals surface area contributed by atoms with Crippen molar-refractivity contribution in [1.29, 1.82) is 0 Å². The molecule has 6 N–H and O–H groups in total. The Morgan fingerprint density at radius 2 is 2.05 bits per heavy atom. The quantitative estimate of drug-likeness (QED) is 0.406. The van der Waals surface area contributed by atoms with Crippen LogP contribution in [0.4, 0.5) is 5.82 Å². The van der Waals surface area contributed by atoms with E-state index in [9.17, 15) is 20.1 Å². The highest BCUT2D eigenvalue weighted by Gasteiger charge is 2.49. The molecular weight excluding hydrogens is 298 g/mol. The molecule has 1 fully saturated rings. The molecule has 5 atom stereocenters. The van der Waals surface area contributed by atoms with Gasteiger partial charge in [-0.25, -0.2) is 19.7 Å². The summed E-state index contributed by atoms with van der Waals surface area (Å²) in [5.41, 5.74) is 6.17. The van der Waals surface area contributed by atoms with Crippen molar-refractivity contribution in [2.24, 2.45) is 0 Å². The second-order valence-corrected chi connectivity index (χ2v) is 4.84. The number of nitrogens with two attached hydrogens (primary N) is 1. The maximum atomic E-state index is 10.8. The Bertz CT molecular complexity index is 720. The van der Waals surface area contributed by atoms with Crippen LogP contribution in [0.1, 0.15) is 6.23 Å². The number of fused-ring (bicyclic) bond motifs is 1. The number of carbonyl (C=O) groups is 1. The average molecular weight is 311 g/mol. The van der Waals surface area contributed by atoms with Gasteiger partial charge in [0.05, 0.1) is 6.33 Å². The summed E-state index contributed by atoms with van der Waals surface area (Å²) in [6, 6.07) is 0. The van der Waals surface area contributed by atoms with Gasteiger partial charge in [-0.15, -0.1) is 0 Å². The van der Waals surface area contributed by atoms with Crippen LogP contribution in [-0.4, -0.2) is 70.3 Å². The molecule has 118 valence electrons. The molecule has 0 spiro atoms. The van der Waals surface area contributed by atoms with Crippen molar-refractivity contribution in [3.63, 3.8) is 0 Å². The van der Waals surface area contributed by atoms with Crippen LogP contribution in [0.25, 0.3) is 11.2 Å². The number of nitrogen functional groups attached to an aromatic ring is 1. The molecule has 0 aliphatic carbocycles. The van der Waals surface area contributed by atoms with Gasteiger partial charge in [0.25, 0.3) is 0 Å². The van der Waals surface area contributed by atoms with Crippen LogP contribution in [0.2, 0.25) is 0 Å². The van der Waals surface area contributed by atoms with Crippen molar-refractivity contribution < 1.29 is 30.0 Å². The molecule has 0 radical (unpaired) electrons. The van der Waals surface area contributed by atoms with Gasteiger partial charge in [-0.05, 0) is 0 Å². The van der Waals surface area contributed by atoms with E-state index < -0.39 is 36.6 Å². The van der Waals surface area contributed by atoms with E-state index >= 15 is 0 Å². The SMILES string of the molecule is Nc1ncnc2c1ncn2[C@@H]1O[C@H]([C@H](O)C(=O)O)[C@@H](O)[C@H]1O. The lowest BCUT2D eigenvalue weighted by atomic mass is 10.1. The molecule has 11 nitrogen and oxygen atoms in total. The zero-order valence-corrected chi connectivity index (χ0v) is 11.0. The number of aliphatic hydroxyl groups is 3. The predicted octanol–water partition coefficient (Wildman–Crippen LogP) is -2.53. The van der Waals surface area contributed by atoms with Gasteiger partial charge < -0.3 is 30.9 Å². The maximum Gasteiger partial charge on any atom is 0.335 e. The van der Waals surface area contributed by atoms with E-state index in [2.05, 4.69) is 15.0 Å². The molecular formula is C11H13N5O6. The van der Waals surface area contributed by atoms with E-state index in [-0.39, 0.29) is 17.0 Å². The van der Waals surface area contributed by atoms with E-state index in [4.69, 9.17) is 15.6 Å². The van der Waals surface area contributed by atoms with Crippen LogP contribution in [0.3, 0.4) is 0 Å². The number of aromatic nitrogens is 4. The number of carboxylic acids is 1. The second-order valence-electron chi connectivity index (χ2n) is 4.84. The summed E-state index contributed by atoms with van der Waals surface area (Å²) in [4.78, 5) is 22.5. The monoisotopic (exact) mass is 311 g/mol. The lowest BCUT2D eigenvalue weighted by Gasteiger charge is -2.17. The normalized spacial score (nSPS) is 29.8. The minimum absolute atomic E-state index is 0.124. The van der Waals surface area contributed by atoms with Crippen molar-refractivity contribution in [2.45, 2.75) is 30.6 Å². The summed E-state index contributed by atoms with van der Waals surface area (Å²) in [6.07, 6.45) is -5.25. The Morgan fingerprint density at radius 1 is 1.32 bits per heavy atom. The van der Waals surface area contributed by atoms with E-state index in [1.54, 1.807) is 0 Å². The van der Waals surface area contributed by atoms with Crippen molar-refractivity contribution in [3.8, 4) is 0 Å². The first kappa shape index (κ1) is 14.6. The molecule has 1 aliphatic rings. The number of aliphatic carboxylic acids is 1. The molecule has 1 aliphatic heterocycles. The third-order valence-electron chi connectivity index (χ3n) is 3.50. The molecule has 0 saturated carbocycles. The van der Waals surface area contributed by atoms with Crippen molar-refractivity contribution in [2.75, 3.05) is 5.73 Å². The largest absolute Gasteiger partial charge is 0.479 e. The fraction of sp³-hybridized carbons (Fsp3) is 0.455. The summed E-state index contributed by atoms with van der Waals surface area (Å²) >= 11 is 0. The topological polar surface area (TPSA) is 177 Å². The summed E-state index contributed by atoms with van der Waals surface area (Å²) < 4.78 is 6.58. The number of ether oxygens (including phenoxy) is 1. The summed E-state index contributed by atoms with van der Waals surface area (Å²) in [7, 11) is 0. The first-order valence-electron chi connectivity index (χ1n) is 6.27. The Hall–Kier alpha value is -2.34. The second kappa shape index (κ2) is 5.14. The molecule has 3 heterocycles. The molecule has 0 amide bonds.